The van der Waals surface area contributed by atoms with Crippen LogP contribution in [0.3, 0.4) is 0 Å². The van der Waals surface area contributed by atoms with Crippen LogP contribution in [0, 0.1) is 0 Å². The molecule has 0 unspecified atom stereocenters. The number of carbonyl (C=O) groups excluding carboxylic acids is 1. The molecule has 1 amide bonds. The molecule has 0 saturated carbocycles. The van der Waals surface area contributed by atoms with Gasteiger partial charge in [0.1, 0.15) is 11.5 Å². The summed E-state index contributed by atoms with van der Waals surface area (Å²) in [5.74, 6) is 1.47. The van der Waals surface area contributed by atoms with Crippen molar-refractivity contribution in [2.45, 2.75) is 13.0 Å². The molecule has 0 aliphatic carbocycles. The fourth-order valence-electron chi connectivity index (χ4n) is 2.99. The van der Waals surface area contributed by atoms with Gasteiger partial charge < -0.3 is 19.3 Å². The number of amides is 1. The Morgan fingerprint density at radius 3 is 2.12 bits per heavy atom. The van der Waals surface area contributed by atoms with Crippen molar-refractivity contribution >= 4 is 11.6 Å². The number of hydrogen-bond acceptors (Lipinski definition) is 4. The number of benzene rings is 2. The molecule has 1 aliphatic rings. The number of anilines is 1. The first-order valence-electron chi connectivity index (χ1n) is 8.57. The molecule has 1 atom stereocenters. The normalized spacial score (nSPS) is 15.6. The molecule has 0 bridgehead atoms. The lowest BCUT2D eigenvalue weighted by molar-refractivity contribution is -0.138. The van der Waals surface area contributed by atoms with Crippen molar-refractivity contribution in [1.82, 2.24) is 4.90 Å². The topological polar surface area (TPSA) is 42.0 Å². The highest BCUT2D eigenvalue weighted by molar-refractivity contribution is 5.81. The van der Waals surface area contributed by atoms with Crippen LogP contribution < -0.4 is 14.4 Å². The fourth-order valence-corrected chi connectivity index (χ4v) is 2.99. The SMILES string of the molecule is COc1ccc(O[C@@H](C)C(=O)N2CCN(c3ccccc3)CC2)cc1. The van der Waals surface area contributed by atoms with Gasteiger partial charge in [-0.3, -0.25) is 4.79 Å². The molecule has 0 radical (unpaired) electrons. The minimum atomic E-state index is -0.503. The highest BCUT2D eigenvalue weighted by atomic mass is 16.5. The molecule has 25 heavy (non-hydrogen) atoms. The lowest BCUT2D eigenvalue weighted by Crippen LogP contribution is -2.52. The molecule has 132 valence electrons. The first-order valence-corrected chi connectivity index (χ1v) is 8.57. The summed E-state index contributed by atoms with van der Waals surface area (Å²) in [6, 6.07) is 17.6. The molecule has 0 spiro atoms. The third kappa shape index (κ3) is 4.24. The van der Waals surface area contributed by atoms with Crippen molar-refractivity contribution in [3.63, 3.8) is 0 Å². The number of para-hydroxylation sites is 1. The minimum Gasteiger partial charge on any atom is -0.497 e. The Morgan fingerprint density at radius 1 is 0.920 bits per heavy atom. The quantitative estimate of drug-likeness (QED) is 0.839. The maximum Gasteiger partial charge on any atom is 0.263 e. The Morgan fingerprint density at radius 2 is 1.52 bits per heavy atom. The molecule has 2 aromatic carbocycles. The Kier molecular flexibility index (Phi) is 5.43. The number of ether oxygens (including phenoxy) is 2. The van der Waals surface area contributed by atoms with Crippen LogP contribution in [0.1, 0.15) is 6.92 Å². The standard InChI is InChI=1S/C20H24N2O3/c1-16(25-19-10-8-18(24-2)9-11-19)20(23)22-14-12-21(13-15-22)17-6-4-3-5-7-17/h3-11,16H,12-15H2,1-2H3/t16-/m0/s1. The Labute approximate surface area is 148 Å². The summed E-state index contributed by atoms with van der Waals surface area (Å²) in [4.78, 5) is 16.8. The van der Waals surface area contributed by atoms with E-state index in [4.69, 9.17) is 9.47 Å². The largest absolute Gasteiger partial charge is 0.497 e. The zero-order valence-electron chi connectivity index (χ0n) is 14.7. The molecule has 3 rings (SSSR count). The van der Waals surface area contributed by atoms with Gasteiger partial charge in [-0.25, -0.2) is 0 Å². The molecule has 0 N–H and O–H groups in total. The van der Waals surface area contributed by atoms with Gasteiger partial charge in [0, 0.05) is 31.9 Å². The molecule has 5 nitrogen and oxygen atoms in total. The van der Waals surface area contributed by atoms with Crippen LogP contribution in [-0.2, 0) is 4.79 Å². The van der Waals surface area contributed by atoms with Gasteiger partial charge in [0.05, 0.1) is 7.11 Å². The van der Waals surface area contributed by atoms with Crippen LogP contribution in [0.2, 0.25) is 0 Å². The van der Waals surface area contributed by atoms with Gasteiger partial charge in [-0.15, -0.1) is 0 Å². The van der Waals surface area contributed by atoms with Crippen LogP contribution in [0.25, 0.3) is 0 Å². The van der Waals surface area contributed by atoms with Gasteiger partial charge in [-0.2, -0.15) is 0 Å². The molecule has 1 aliphatic heterocycles. The molecule has 2 aromatic rings. The molecular formula is C20H24N2O3. The predicted octanol–water partition coefficient (Wildman–Crippen LogP) is 2.81. The van der Waals surface area contributed by atoms with Gasteiger partial charge in [0.15, 0.2) is 6.10 Å². The Bertz CT molecular complexity index is 680. The molecule has 5 heteroatoms. The van der Waals surface area contributed by atoms with E-state index in [1.165, 1.54) is 5.69 Å². The maximum absolute atomic E-state index is 12.6. The zero-order valence-corrected chi connectivity index (χ0v) is 14.7. The van der Waals surface area contributed by atoms with Crippen molar-refractivity contribution in [2.75, 3.05) is 38.2 Å². The van der Waals surface area contributed by atoms with Crippen LogP contribution >= 0.6 is 0 Å². The molecular weight excluding hydrogens is 316 g/mol. The van der Waals surface area contributed by atoms with Gasteiger partial charge in [-0.1, -0.05) is 18.2 Å². The highest BCUT2D eigenvalue weighted by Crippen LogP contribution is 2.20. The summed E-state index contributed by atoms with van der Waals surface area (Å²) >= 11 is 0. The Hall–Kier alpha value is -2.69. The van der Waals surface area contributed by atoms with Gasteiger partial charge in [0.2, 0.25) is 0 Å². The molecule has 1 saturated heterocycles. The van der Waals surface area contributed by atoms with Crippen molar-refractivity contribution < 1.29 is 14.3 Å². The predicted molar refractivity (Wildman–Crippen MR) is 98.3 cm³/mol. The number of rotatable bonds is 5. The van der Waals surface area contributed by atoms with Gasteiger partial charge >= 0.3 is 0 Å². The monoisotopic (exact) mass is 340 g/mol. The van der Waals surface area contributed by atoms with Crippen LogP contribution in [0.4, 0.5) is 5.69 Å². The van der Waals surface area contributed by atoms with Crippen molar-refractivity contribution in [3.05, 3.63) is 54.6 Å². The highest BCUT2D eigenvalue weighted by Gasteiger charge is 2.26. The number of methoxy groups -OCH3 is 1. The van der Waals surface area contributed by atoms with E-state index in [1.807, 2.05) is 47.4 Å². The average molecular weight is 340 g/mol. The van der Waals surface area contributed by atoms with E-state index in [0.29, 0.717) is 18.8 Å². The van der Waals surface area contributed by atoms with Crippen molar-refractivity contribution in [1.29, 1.82) is 0 Å². The molecule has 1 heterocycles. The van der Waals surface area contributed by atoms with E-state index in [9.17, 15) is 4.79 Å². The minimum absolute atomic E-state index is 0.0310. The van der Waals surface area contributed by atoms with E-state index < -0.39 is 6.10 Å². The second kappa shape index (κ2) is 7.92. The third-order valence-electron chi connectivity index (χ3n) is 4.43. The van der Waals surface area contributed by atoms with E-state index in [0.717, 1.165) is 18.8 Å². The van der Waals surface area contributed by atoms with Gasteiger partial charge in [0.25, 0.3) is 5.91 Å². The van der Waals surface area contributed by atoms with Crippen LogP contribution in [0.15, 0.2) is 54.6 Å². The summed E-state index contributed by atoms with van der Waals surface area (Å²) in [6.07, 6.45) is -0.503. The number of hydrogen-bond donors (Lipinski definition) is 0. The summed E-state index contributed by atoms with van der Waals surface area (Å²) in [6.45, 7) is 4.90. The van der Waals surface area contributed by atoms with E-state index in [1.54, 1.807) is 14.0 Å². The fraction of sp³-hybridized carbons (Fsp3) is 0.350. The number of nitrogens with zero attached hydrogens (tertiary/aromatic N) is 2. The number of carbonyl (C=O) groups is 1. The molecule has 0 aromatic heterocycles. The first-order chi connectivity index (χ1) is 12.2. The van der Waals surface area contributed by atoms with Gasteiger partial charge in [-0.05, 0) is 43.3 Å². The second-order valence-electron chi connectivity index (χ2n) is 6.08. The molecule has 1 fully saturated rings. The summed E-state index contributed by atoms with van der Waals surface area (Å²) < 4.78 is 10.9. The summed E-state index contributed by atoms with van der Waals surface area (Å²) in [5, 5.41) is 0. The lowest BCUT2D eigenvalue weighted by Gasteiger charge is -2.37. The van der Waals surface area contributed by atoms with Crippen LogP contribution in [-0.4, -0.2) is 50.2 Å². The zero-order chi connectivity index (χ0) is 17.6. The first kappa shape index (κ1) is 17.1. The smallest absolute Gasteiger partial charge is 0.263 e. The Balaban J connectivity index is 1.52. The summed E-state index contributed by atoms with van der Waals surface area (Å²) in [7, 11) is 1.62. The lowest BCUT2D eigenvalue weighted by atomic mass is 10.2. The second-order valence-corrected chi connectivity index (χ2v) is 6.08. The maximum atomic E-state index is 12.6. The van der Waals surface area contributed by atoms with Crippen molar-refractivity contribution in [2.24, 2.45) is 0 Å². The van der Waals surface area contributed by atoms with Crippen LogP contribution in [0.5, 0.6) is 11.5 Å². The van der Waals surface area contributed by atoms with E-state index in [2.05, 4.69) is 17.0 Å². The average Bonchev–Trinajstić information content (AvgIpc) is 2.69. The summed E-state index contributed by atoms with van der Waals surface area (Å²) in [5.41, 5.74) is 1.21. The van der Waals surface area contributed by atoms with E-state index in [-0.39, 0.29) is 5.91 Å². The van der Waals surface area contributed by atoms with E-state index >= 15 is 0 Å². The number of piperazine rings is 1. The van der Waals surface area contributed by atoms with Crippen molar-refractivity contribution in [3.8, 4) is 11.5 Å². The third-order valence-corrected chi connectivity index (χ3v) is 4.43.